The maximum Gasteiger partial charge on any atom is 0.264 e. The van der Waals surface area contributed by atoms with Gasteiger partial charge in [0.1, 0.15) is 18.3 Å². The molecule has 0 aliphatic rings. The SMILES string of the molecule is CCNC(=O)[C@H](C)N(Cc1ccc(Cl)c(Cl)c1)C(=O)CN(c1ccccc1OCC)S(=O)(=O)c1ccccc1. The third kappa shape index (κ3) is 7.44. The molecule has 11 heteroatoms. The van der Waals surface area contributed by atoms with Crippen molar-refractivity contribution in [2.75, 3.05) is 24.0 Å². The van der Waals surface area contributed by atoms with Gasteiger partial charge in [0.15, 0.2) is 0 Å². The van der Waals surface area contributed by atoms with Crippen LogP contribution in [0.25, 0.3) is 0 Å². The number of carbonyl (C=O) groups is 2. The topological polar surface area (TPSA) is 96.0 Å². The lowest BCUT2D eigenvalue weighted by Gasteiger charge is -2.32. The van der Waals surface area contributed by atoms with E-state index in [1.165, 1.54) is 17.0 Å². The van der Waals surface area contributed by atoms with E-state index in [0.717, 1.165) is 4.31 Å². The molecule has 0 fully saturated rings. The highest BCUT2D eigenvalue weighted by Crippen LogP contribution is 2.33. The van der Waals surface area contributed by atoms with Crippen LogP contribution in [0.1, 0.15) is 26.3 Å². The van der Waals surface area contributed by atoms with E-state index in [2.05, 4.69) is 5.32 Å². The summed E-state index contributed by atoms with van der Waals surface area (Å²) in [7, 11) is -4.20. The highest BCUT2D eigenvalue weighted by atomic mass is 35.5. The van der Waals surface area contributed by atoms with E-state index in [9.17, 15) is 18.0 Å². The number of rotatable bonds is 12. The molecule has 0 heterocycles. The van der Waals surface area contributed by atoms with Crippen molar-refractivity contribution in [3.8, 4) is 5.75 Å². The van der Waals surface area contributed by atoms with Crippen molar-refractivity contribution in [1.29, 1.82) is 0 Å². The average molecular weight is 593 g/mol. The number of anilines is 1. The summed E-state index contributed by atoms with van der Waals surface area (Å²) in [5, 5.41) is 3.37. The molecule has 0 radical (unpaired) electrons. The van der Waals surface area contributed by atoms with Crippen LogP contribution in [0.3, 0.4) is 0 Å². The summed E-state index contributed by atoms with van der Waals surface area (Å²) >= 11 is 12.2. The summed E-state index contributed by atoms with van der Waals surface area (Å²) < 4.78 is 34.5. The zero-order chi connectivity index (χ0) is 28.6. The highest BCUT2D eigenvalue weighted by Gasteiger charge is 2.33. The van der Waals surface area contributed by atoms with Gasteiger partial charge in [0.2, 0.25) is 11.8 Å². The number of amides is 2. The second kappa shape index (κ2) is 13.7. The molecular weight excluding hydrogens is 561 g/mol. The van der Waals surface area contributed by atoms with Crippen LogP contribution in [0.2, 0.25) is 10.0 Å². The van der Waals surface area contributed by atoms with Crippen molar-refractivity contribution < 1.29 is 22.7 Å². The number of halogens is 2. The Bertz CT molecular complexity index is 1400. The lowest BCUT2D eigenvalue weighted by Crippen LogP contribution is -2.51. The van der Waals surface area contributed by atoms with E-state index in [1.54, 1.807) is 81.4 Å². The average Bonchev–Trinajstić information content (AvgIpc) is 2.93. The van der Waals surface area contributed by atoms with E-state index in [-0.39, 0.29) is 23.0 Å². The maximum absolute atomic E-state index is 13.9. The molecule has 3 aromatic carbocycles. The Kier molecular flexibility index (Phi) is 10.6. The zero-order valence-corrected chi connectivity index (χ0v) is 24.3. The molecule has 0 aliphatic heterocycles. The van der Waals surface area contributed by atoms with Crippen LogP contribution in [-0.4, -0.2) is 50.9 Å². The minimum atomic E-state index is -4.20. The number of ether oxygens (including phenoxy) is 1. The number of benzene rings is 3. The van der Waals surface area contributed by atoms with Crippen LogP contribution in [0.15, 0.2) is 77.7 Å². The maximum atomic E-state index is 13.9. The summed E-state index contributed by atoms with van der Waals surface area (Å²) in [5.41, 5.74) is 0.831. The molecule has 39 heavy (non-hydrogen) atoms. The summed E-state index contributed by atoms with van der Waals surface area (Å²) in [6.45, 7) is 5.23. The van der Waals surface area contributed by atoms with Crippen molar-refractivity contribution in [2.24, 2.45) is 0 Å². The normalized spacial score (nSPS) is 11.9. The standard InChI is InChI=1S/C28H31Cl2N3O5S/c1-4-31-28(35)20(3)32(18-21-15-16-23(29)24(30)17-21)27(34)19-33(25-13-9-10-14-26(25)38-5-2)39(36,37)22-11-7-6-8-12-22/h6-17,20H,4-5,18-19H2,1-3H3,(H,31,35)/t20-/m0/s1. The Morgan fingerprint density at radius 3 is 2.26 bits per heavy atom. The summed E-state index contributed by atoms with van der Waals surface area (Å²) in [4.78, 5) is 28.1. The fourth-order valence-electron chi connectivity index (χ4n) is 3.91. The van der Waals surface area contributed by atoms with Gasteiger partial charge in [0, 0.05) is 13.1 Å². The van der Waals surface area contributed by atoms with Crippen molar-refractivity contribution >= 4 is 50.7 Å². The van der Waals surface area contributed by atoms with Gasteiger partial charge in [0.05, 0.1) is 27.2 Å². The number of nitrogens with zero attached hydrogens (tertiary/aromatic N) is 2. The van der Waals surface area contributed by atoms with E-state index in [4.69, 9.17) is 27.9 Å². The Morgan fingerprint density at radius 2 is 1.62 bits per heavy atom. The molecular formula is C28H31Cl2N3O5S. The molecule has 1 atom stereocenters. The molecule has 3 rings (SSSR count). The molecule has 0 aromatic heterocycles. The largest absolute Gasteiger partial charge is 0.492 e. The number of carbonyl (C=O) groups excluding carboxylic acids is 2. The van der Waals surface area contributed by atoms with Gasteiger partial charge in [-0.3, -0.25) is 13.9 Å². The predicted octanol–water partition coefficient (Wildman–Crippen LogP) is 5.14. The second-order valence-corrected chi connectivity index (χ2v) is 11.2. The Labute approximate surface area is 239 Å². The predicted molar refractivity (Wildman–Crippen MR) is 154 cm³/mol. The smallest absolute Gasteiger partial charge is 0.264 e. The second-order valence-electron chi connectivity index (χ2n) is 8.57. The third-order valence-corrected chi connectivity index (χ3v) is 8.41. The Balaban J connectivity index is 2.08. The lowest BCUT2D eigenvalue weighted by atomic mass is 10.1. The van der Waals surface area contributed by atoms with Gasteiger partial charge in [-0.1, -0.05) is 59.6 Å². The van der Waals surface area contributed by atoms with Crippen LogP contribution >= 0.6 is 23.2 Å². The molecule has 0 aliphatic carbocycles. The third-order valence-electron chi connectivity index (χ3n) is 5.90. The summed E-state index contributed by atoms with van der Waals surface area (Å²) in [5.74, 6) is -0.663. The van der Waals surface area contributed by atoms with Crippen LogP contribution in [-0.2, 0) is 26.2 Å². The van der Waals surface area contributed by atoms with Gasteiger partial charge < -0.3 is 15.0 Å². The molecule has 0 spiro atoms. The summed E-state index contributed by atoms with van der Waals surface area (Å²) in [6.07, 6.45) is 0. The molecule has 0 saturated heterocycles. The van der Waals surface area contributed by atoms with Gasteiger partial charge in [0.25, 0.3) is 10.0 Å². The quantitative estimate of drug-likeness (QED) is 0.314. The minimum Gasteiger partial charge on any atom is -0.492 e. The highest BCUT2D eigenvalue weighted by molar-refractivity contribution is 7.92. The molecule has 0 saturated carbocycles. The van der Waals surface area contributed by atoms with E-state index >= 15 is 0 Å². The first kappa shape index (κ1) is 30.3. The van der Waals surface area contributed by atoms with Crippen LogP contribution in [0, 0.1) is 0 Å². The summed E-state index contributed by atoms with van der Waals surface area (Å²) in [6, 6.07) is 18.4. The van der Waals surface area contributed by atoms with Crippen LogP contribution in [0.5, 0.6) is 5.75 Å². The number of para-hydroxylation sites is 2. The van der Waals surface area contributed by atoms with Crippen LogP contribution in [0.4, 0.5) is 5.69 Å². The molecule has 3 aromatic rings. The fourth-order valence-corrected chi connectivity index (χ4v) is 5.68. The molecule has 0 unspecified atom stereocenters. The Hall–Kier alpha value is -3.27. The molecule has 208 valence electrons. The first-order chi connectivity index (χ1) is 18.6. The van der Waals surface area contributed by atoms with E-state index < -0.39 is 28.5 Å². The first-order valence-corrected chi connectivity index (χ1v) is 14.6. The molecule has 8 nitrogen and oxygen atoms in total. The number of hydrogen-bond donors (Lipinski definition) is 1. The number of hydrogen-bond acceptors (Lipinski definition) is 5. The minimum absolute atomic E-state index is 0.000352. The van der Waals surface area contributed by atoms with E-state index in [1.807, 2.05) is 0 Å². The van der Waals surface area contributed by atoms with Crippen molar-refractivity contribution in [1.82, 2.24) is 10.2 Å². The molecule has 0 bridgehead atoms. The van der Waals surface area contributed by atoms with E-state index in [0.29, 0.717) is 34.5 Å². The van der Waals surface area contributed by atoms with Gasteiger partial charge in [-0.25, -0.2) is 8.42 Å². The van der Waals surface area contributed by atoms with Gasteiger partial charge in [-0.15, -0.1) is 0 Å². The van der Waals surface area contributed by atoms with Gasteiger partial charge in [-0.2, -0.15) is 0 Å². The number of nitrogens with one attached hydrogen (secondary N) is 1. The van der Waals surface area contributed by atoms with Crippen molar-refractivity contribution in [3.63, 3.8) is 0 Å². The van der Waals surface area contributed by atoms with Crippen molar-refractivity contribution in [3.05, 3.63) is 88.4 Å². The number of likely N-dealkylation sites (N-methyl/N-ethyl adjacent to an activating group) is 1. The van der Waals surface area contributed by atoms with Gasteiger partial charge >= 0.3 is 0 Å². The Morgan fingerprint density at radius 1 is 0.949 bits per heavy atom. The molecule has 2 amide bonds. The fraction of sp³-hybridized carbons (Fsp3) is 0.286. The first-order valence-electron chi connectivity index (χ1n) is 12.4. The van der Waals surface area contributed by atoms with Crippen LogP contribution < -0.4 is 14.4 Å². The van der Waals surface area contributed by atoms with Crippen molar-refractivity contribution in [2.45, 2.75) is 38.3 Å². The lowest BCUT2D eigenvalue weighted by molar-refractivity contribution is -0.139. The van der Waals surface area contributed by atoms with Gasteiger partial charge in [-0.05, 0) is 62.7 Å². The zero-order valence-electron chi connectivity index (χ0n) is 21.9. The molecule has 1 N–H and O–H groups in total. The monoisotopic (exact) mass is 591 g/mol. The number of sulfonamides is 1.